The molecule has 68 valence electrons. The molecule has 0 aliphatic carbocycles. The summed E-state index contributed by atoms with van der Waals surface area (Å²) in [7, 11) is 0. The summed E-state index contributed by atoms with van der Waals surface area (Å²) in [4.78, 5) is 21.2. The zero-order valence-electron chi connectivity index (χ0n) is 6.18. The van der Waals surface area contributed by atoms with Gasteiger partial charge in [0.15, 0.2) is 0 Å². The van der Waals surface area contributed by atoms with Gasteiger partial charge in [-0.1, -0.05) is 6.07 Å². The molecule has 0 aliphatic rings. The van der Waals surface area contributed by atoms with Crippen molar-refractivity contribution < 1.29 is 14.0 Å². The van der Waals surface area contributed by atoms with Gasteiger partial charge in [0.05, 0.1) is 11.1 Å². The Labute approximate surface area is 83.3 Å². The number of halogens is 3. The Morgan fingerprint density at radius 1 is 1.08 bits per heavy atom. The maximum absolute atomic E-state index is 13.2. The van der Waals surface area contributed by atoms with Crippen LogP contribution in [0.25, 0.3) is 0 Å². The highest BCUT2D eigenvalue weighted by Gasteiger charge is 2.16. The molecule has 0 radical (unpaired) electrons. The van der Waals surface area contributed by atoms with Gasteiger partial charge in [-0.05, 0) is 35.3 Å². The second kappa shape index (κ2) is 3.85. The third-order valence-corrected chi connectivity index (χ3v) is 1.83. The molecule has 0 unspecified atom stereocenters. The number of hydrogen-bond acceptors (Lipinski definition) is 2. The van der Waals surface area contributed by atoms with Gasteiger partial charge in [-0.15, -0.1) is 0 Å². The highest BCUT2D eigenvalue weighted by atomic mass is 35.5. The fraction of sp³-hybridized carbons (Fsp3) is 0. The van der Waals surface area contributed by atoms with Crippen molar-refractivity contribution in [2.75, 3.05) is 0 Å². The van der Waals surface area contributed by atoms with E-state index >= 15 is 0 Å². The summed E-state index contributed by atoms with van der Waals surface area (Å²) in [5, 5.41) is -1.92. The lowest BCUT2D eigenvalue weighted by atomic mass is 10.1. The van der Waals surface area contributed by atoms with Gasteiger partial charge in [0.2, 0.25) is 0 Å². The molecule has 0 amide bonds. The Morgan fingerprint density at radius 2 is 1.46 bits per heavy atom. The maximum atomic E-state index is 13.2. The summed E-state index contributed by atoms with van der Waals surface area (Å²) in [5.74, 6) is -0.984. The minimum atomic E-state index is -0.984. The monoisotopic (exact) mass is 220 g/mol. The van der Waals surface area contributed by atoms with Crippen LogP contribution in [0.4, 0.5) is 4.39 Å². The van der Waals surface area contributed by atoms with Gasteiger partial charge in [0.1, 0.15) is 5.82 Å². The standard InChI is InChI=1S/C8H3Cl2FO2/c9-7(12)4-2-1-3-5(6(4)11)8(10)13/h1-3H. The van der Waals surface area contributed by atoms with Gasteiger partial charge >= 0.3 is 0 Å². The second-order valence-electron chi connectivity index (χ2n) is 2.21. The van der Waals surface area contributed by atoms with Crippen LogP contribution in [0.5, 0.6) is 0 Å². The number of carbonyl (C=O) groups excluding carboxylic acids is 2. The first-order chi connectivity index (χ1) is 6.04. The average Bonchev–Trinajstić information content (AvgIpc) is 2.03. The largest absolute Gasteiger partial charge is 0.275 e. The van der Waals surface area contributed by atoms with E-state index in [1.807, 2.05) is 0 Å². The highest BCUT2D eigenvalue weighted by molar-refractivity contribution is 6.69. The lowest BCUT2D eigenvalue weighted by molar-refractivity contribution is 0.107. The van der Waals surface area contributed by atoms with Crippen LogP contribution >= 0.6 is 23.2 Å². The van der Waals surface area contributed by atoms with E-state index in [1.165, 1.54) is 18.2 Å². The molecule has 1 aromatic carbocycles. The van der Waals surface area contributed by atoms with Crippen molar-refractivity contribution in [2.45, 2.75) is 0 Å². The van der Waals surface area contributed by atoms with Crippen LogP contribution in [-0.4, -0.2) is 10.5 Å². The van der Waals surface area contributed by atoms with Crippen molar-refractivity contribution in [3.8, 4) is 0 Å². The normalized spacial score (nSPS) is 9.77. The molecule has 0 heterocycles. The fourth-order valence-electron chi connectivity index (χ4n) is 0.836. The number of benzene rings is 1. The summed E-state index contributed by atoms with van der Waals surface area (Å²) in [6.07, 6.45) is 0. The quantitative estimate of drug-likeness (QED) is 0.719. The Balaban J connectivity index is 3.35. The number of carbonyl (C=O) groups is 2. The molecule has 0 aromatic heterocycles. The van der Waals surface area contributed by atoms with Gasteiger partial charge in [0, 0.05) is 0 Å². The molecule has 0 spiro atoms. The van der Waals surface area contributed by atoms with E-state index in [0.717, 1.165) is 0 Å². The van der Waals surface area contributed by atoms with Crippen LogP contribution in [0, 0.1) is 5.82 Å². The smallest absolute Gasteiger partial charge is 0.255 e. The third kappa shape index (κ3) is 2.05. The first kappa shape index (κ1) is 10.2. The van der Waals surface area contributed by atoms with Crippen LogP contribution in [0.1, 0.15) is 20.7 Å². The fourth-order valence-corrected chi connectivity index (χ4v) is 1.13. The van der Waals surface area contributed by atoms with E-state index < -0.39 is 16.3 Å². The van der Waals surface area contributed by atoms with E-state index in [-0.39, 0.29) is 11.1 Å². The van der Waals surface area contributed by atoms with Crippen LogP contribution in [0.3, 0.4) is 0 Å². The van der Waals surface area contributed by atoms with Gasteiger partial charge in [0.25, 0.3) is 10.5 Å². The lowest BCUT2D eigenvalue weighted by Gasteiger charge is -1.99. The topological polar surface area (TPSA) is 34.1 Å². The molecule has 2 nitrogen and oxygen atoms in total. The zero-order valence-corrected chi connectivity index (χ0v) is 7.69. The van der Waals surface area contributed by atoms with E-state index in [1.54, 1.807) is 0 Å². The van der Waals surface area contributed by atoms with E-state index in [9.17, 15) is 14.0 Å². The molecule has 1 rings (SSSR count). The highest BCUT2D eigenvalue weighted by Crippen LogP contribution is 2.16. The van der Waals surface area contributed by atoms with Crippen LogP contribution in [0.15, 0.2) is 18.2 Å². The van der Waals surface area contributed by atoms with Crippen molar-refractivity contribution in [3.63, 3.8) is 0 Å². The molecule has 0 N–H and O–H groups in total. The molecular formula is C8H3Cl2FO2. The maximum Gasteiger partial charge on any atom is 0.255 e. The minimum absolute atomic E-state index is 0.354. The molecule has 0 aliphatic heterocycles. The molecule has 0 saturated carbocycles. The van der Waals surface area contributed by atoms with Gasteiger partial charge in [-0.2, -0.15) is 0 Å². The predicted octanol–water partition coefficient (Wildman–Crippen LogP) is 2.58. The molecule has 5 heteroatoms. The van der Waals surface area contributed by atoms with Crippen molar-refractivity contribution >= 4 is 33.7 Å². The van der Waals surface area contributed by atoms with Crippen molar-refractivity contribution in [1.29, 1.82) is 0 Å². The van der Waals surface area contributed by atoms with Crippen molar-refractivity contribution in [1.82, 2.24) is 0 Å². The average molecular weight is 221 g/mol. The van der Waals surface area contributed by atoms with E-state index in [0.29, 0.717) is 0 Å². The first-order valence-electron chi connectivity index (χ1n) is 3.22. The zero-order chi connectivity index (χ0) is 10.0. The third-order valence-electron chi connectivity index (χ3n) is 1.42. The predicted molar refractivity (Wildman–Crippen MR) is 46.8 cm³/mol. The van der Waals surface area contributed by atoms with Gasteiger partial charge in [-0.3, -0.25) is 9.59 Å². The summed E-state index contributed by atoms with van der Waals surface area (Å²) >= 11 is 10.1. The van der Waals surface area contributed by atoms with E-state index in [2.05, 4.69) is 0 Å². The minimum Gasteiger partial charge on any atom is -0.275 e. The summed E-state index contributed by atoms with van der Waals surface area (Å²) in [6, 6.07) is 3.68. The van der Waals surface area contributed by atoms with Crippen LogP contribution in [0.2, 0.25) is 0 Å². The van der Waals surface area contributed by atoms with Crippen molar-refractivity contribution in [2.24, 2.45) is 0 Å². The molecule has 0 fully saturated rings. The van der Waals surface area contributed by atoms with Gasteiger partial charge < -0.3 is 0 Å². The number of hydrogen-bond donors (Lipinski definition) is 0. The van der Waals surface area contributed by atoms with E-state index in [4.69, 9.17) is 23.2 Å². The van der Waals surface area contributed by atoms with Crippen molar-refractivity contribution in [3.05, 3.63) is 35.1 Å². The molecular weight excluding hydrogens is 218 g/mol. The Hall–Kier alpha value is -0.930. The van der Waals surface area contributed by atoms with Crippen LogP contribution < -0.4 is 0 Å². The SMILES string of the molecule is O=C(Cl)c1cccc(C(=O)Cl)c1F. The Bertz CT molecular complexity index is 344. The Kier molecular flexibility index (Phi) is 3.01. The molecule has 0 saturated heterocycles. The lowest BCUT2D eigenvalue weighted by Crippen LogP contribution is -2.01. The summed E-state index contributed by atoms with van der Waals surface area (Å²) in [5.41, 5.74) is -0.707. The summed E-state index contributed by atoms with van der Waals surface area (Å²) in [6.45, 7) is 0. The Morgan fingerprint density at radius 3 is 1.77 bits per heavy atom. The molecule has 1 aromatic rings. The van der Waals surface area contributed by atoms with Gasteiger partial charge in [-0.25, -0.2) is 4.39 Å². The first-order valence-corrected chi connectivity index (χ1v) is 3.98. The molecule has 13 heavy (non-hydrogen) atoms. The van der Waals surface area contributed by atoms with Crippen LogP contribution in [-0.2, 0) is 0 Å². The second-order valence-corrected chi connectivity index (χ2v) is 2.90. The molecule has 0 atom stereocenters. The summed E-state index contributed by atoms with van der Waals surface area (Å²) < 4.78 is 13.2. The molecule has 0 bridgehead atoms. The number of rotatable bonds is 2.